The van der Waals surface area contributed by atoms with Gasteiger partial charge in [-0.05, 0) is 31.2 Å². The van der Waals surface area contributed by atoms with Crippen molar-refractivity contribution in [3.05, 3.63) is 41.7 Å². The zero-order valence-corrected chi connectivity index (χ0v) is 17.6. The van der Waals surface area contributed by atoms with E-state index in [1.54, 1.807) is 30.3 Å². The first-order chi connectivity index (χ1) is 14.5. The second kappa shape index (κ2) is 14.9. The molecule has 2 N–H and O–H groups in total. The lowest BCUT2D eigenvalue weighted by molar-refractivity contribution is -0.141. The van der Waals surface area contributed by atoms with Crippen molar-refractivity contribution in [3.63, 3.8) is 0 Å². The van der Waals surface area contributed by atoms with Crippen molar-refractivity contribution in [3.8, 4) is 0 Å². The normalized spacial score (nSPS) is 11.3. The fourth-order valence-corrected chi connectivity index (χ4v) is 2.52. The molecule has 0 aliphatic heterocycles. The summed E-state index contributed by atoms with van der Waals surface area (Å²) >= 11 is 0. The quantitative estimate of drug-likeness (QED) is 0.164. The van der Waals surface area contributed by atoms with Crippen LogP contribution in [0, 0.1) is 0 Å². The minimum atomic E-state index is -1.01. The number of esters is 2. The predicted molar refractivity (Wildman–Crippen MR) is 112 cm³/mol. The van der Waals surface area contributed by atoms with Crippen molar-refractivity contribution in [2.45, 2.75) is 45.4 Å². The number of aliphatic hydroxyl groups is 1. The van der Waals surface area contributed by atoms with Gasteiger partial charge in [-0.3, -0.25) is 0 Å². The Morgan fingerprint density at radius 3 is 2.23 bits per heavy atom. The Kier molecular flexibility index (Phi) is 12.4. The summed E-state index contributed by atoms with van der Waals surface area (Å²) in [7, 11) is 1.12. The number of methoxy groups -OCH3 is 1. The first-order valence-corrected chi connectivity index (χ1v) is 10.2. The molecule has 0 unspecified atom stereocenters. The number of benzene rings is 1. The number of ether oxygens (including phenoxy) is 3. The van der Waals surface area contributed by atoms with E-state index in [0.29, 0.717) is 25.1 Å². The van der Waals surface area contributed by atoms with Crippen LogP contribution < -0.4 is 5.32 Å². The number of alkyl carbamates (subject to hydrolysis) is 1. The molecular weight excluding hydrogens is 390 g/mol. The van der Waals surface area contributed by atoms with E-state index in [2.05, 4.69) is 10.1 Å². The third kappa shape index (κ3) is 9.45. The van der Waals surface area contributed by atoms with Gasteiger partial charge in [-0.15, -0.1) is 0 Å². The molecule has 1 aromatic rings. The van der Waals surface area contributed by atoms with Crippen LogP contribution in [-0.2, 0) is 23.8 Å². The van der Waals surface area contributed by atoms with Crippen LogP contribution in [0.2, 0.25) is 0 Å². The van der Waals surface area contributed by atoms with E-state index in [1.807, 2.05) is 6.92 Å². The topological polar surface area (TPSA) is 111 Å². The summed E-state index contributed by atoms with van der Waals surface area (Å²) in [4.78, 5) is 35.5. The van der Waals surface area contributed by atoms with Crippen LogP contribution in [0.25, 0.3) is 5.57 Å². The summed E-state index contributed by atoms with van der Waals surface area (Å²) in [6.45, 7) is 3.13. The first-order valence-electron chi connectivity index (χ1n) is 10.2. The molecule has 1 amide bonds. The average molecular weight is 421 g/mol. The van der Waals surface area contributed by atoms with Crippen molar-refractivity contribution in [1.29, 1.82) is 0 Å². The Morgan fingerprint density at radius 2 is 1.57 bits per heavy atom. The minimum absolute atomic E-state index is 0.149. The molecule has 30 heavy (non-hydrogen) atoms. The molecule has 0 bridgehead atoms. The van der Waals surface area contributed by atoms with Crippen LogP contribution >= 0.6 is 0 Å². The Hall–Kier alpha value is -3.03. The van der Waals surface area contributed by atoms with Crippen LogP contribution in [-0.4, -0.2) is 50.0 Å². The third-order valence-electron chi connectivity index (χ3n) is 4.19. The third-order valence-corrected chi connectivity index (χ3v) is 4.19. The molecule has 1 aromatic carbocycles. The van der Waals surface area contributed by atoms with E-state index in [0.717, 1.165) is 39.2 Å². The molecule has 0 aromatic heterocycles. The second-order valence-corrected chi connectivity index (χ2v) is 6.55. The maximum Gasteiger partial charge on any atom is 0.407 e. The SMILES string of the molecule is CCCCOC(=O)NCCCCCCOC(=O)C(=C(O)C(=O)OC)c1ccccc1. The van der Waals surface area contributed by atoms with Gasteiger partial charge >= 0.3 is 18.0 Å². The van der Waals surface area contributed by atoms with Gasteiger partial charge in [0.25, 0.3) is 0 Å². The lowest BCUT2D eigenvalue weighted by Gasteiger charge is -2.10. The second-order valence-electron chi connectivity index (χ2n) is 6.55. The van der Waals surface area contributed by atoms with Gasteiger partial charge in [-0.25, -0.2) is 14.4 Å². The highest BCUT2D eigenvalue weighted by molar-refractivity contribution is 6.21. The van der Waals surface area contributed by atoms with Gasteiger partial charge in [-0.1, -0.05) is 50.1 Å². The highest BCUT2D eigenvalue weighted by Gasteiger charge is 2.24. The van der Waals surface area contributed by atoms with Gasteiger partial charge < -0.3 is 24.6 Å². The van der Waals surface area contributed by atoms with E-state index in [1.165, 1.54) is 0 Å². The van der Waals surface area contributed by atoms with Crippen LogP contribution in [0.4, 0.5) is 4.79 Å². The van der Waals surface area contributed by atoms with Crippen molar-refractivity contribution in [1.82, 2.24) is 5.32 Å². The first kappa shape index (κ1) is 25.0. The van der Waals surface area contributed by atoms with Crippen LogP contribution in [0.1, 0.15) is 51.0 Å². The molecule has 8 heteroatoms. The standard InChI is InChI=1S/C22H31NO7/c1-3-4-15-30-22(27)23-14-10-5-6-11-16-29-20(25)18(19(24)21(26)28-2)17-12-8-7-9-13-17/h7-9,12-13,24H,3-6,10-11,14-16H2,1-2H3,(H,23,27). The van der Waals surface area contributed by atoms with Gasteiger partial charge in [-0.2, -0.15) is 0 Å². The molecule has 1 rings (SSSR count). The van der Waals surface area contributed by atoms with Gasteiger partial charge in [0.2, 0.25) is 5.76 Å². The van der Waals surface area contributed by atoms with Gasteiger partial charge in [0.15, 0.2) is 0 Å². The molecule has 0 saturated heterocycles. The van der Waals surface area contributed by atoms with Crippen LogP contribution in [0.15, 0.2) is 36.1 Å². The number of rotatable bonds is 13. The molecule has 8 nitrogen and oxygen atoms in total. The Bertz CT molecular complexity index is 701. The Morgan fingerprint density at radius 1 is 0.900 bits per heavy atom. The number of amides is 1. The zero-order valence-electron chi connectivity index (χ0n) is 17.6. The number of aliphatic hydroxyl groups excluding tert-OH is 1. The monoisotopic (exact) mass is 421 g/mol. The number of unbranched alkanes of at least 4 members (excludes halogenated alkanes) is 4. The predicted octanol–water partition coefficient (Wildman–Crippen LogP) is 3.76. The highest BCUT2D eigenvalue weighted by Crippen LogP contribution is 2.20. The fraction of sp³-hybridized carbons (Fsp3) is 0.500. The van der Waals surface area contributed by atoms with Gasteiger partial charge in [0.05, 0.1) is 20.3 Å². The van der Waals surface area contributed by atoms with Crippen molar-refractivity contribution >= 4 is 23.6 Å². The van der Waals surface area contributed by atoms with E-state index < -0.39 is 23.8 Å². The summed E-state index contributed by atoms with van der Waals surface area (Å²) in [5, 5.41) is 12.8. The fourth-order valence-electron chi connectivity index (χ4n) is 2.52. The largest absolute Gasteiger partial charge is 0.501 e. The van der Waals surface area contributed by atoms with Crippen LogP contribution in [0.5, 0.6) is 0 Å². The lowest BCUT2D eigenvalue weighted by Crippen LogP contribution is -2.25. The maximum absolute atomic E-state index is 12.4. The maximum atomic E-state index is 12.4. The number of carbonyl (C=O) groups is 3. The zero-order chi connectivity index (χ0) is 22.2. The number of hydrogen-bond donors (Lipinski definition) is 2. The highest BCUT2D eigenvalue weighted by atomic mass is 16.6. The van der Waals surface area contributed by atoms with Crippen molar-refractivity contribution in [2.75, 3.05) is 26.9 Å². The Balaban J connectivity index is 2.35. The van der Waals surface area contributed by atoms with E-state index in [-0.39, 0.29) is 12.2 Å². The van der Waals surface area contributed by atoms with Crippen molar-refractivity contribution in [2.24, 2.45) is 0 Å². The molecular formula is C22H31NO7. The molecule has 0 saturated carbocycles. The smallest absolute Gasteiger partial charge is 0.407 e. The molecule has 0 heterocycles. The molecule has 166 valence electrons. The average Bonchev–Trinajstić information content (AvgIpc) is 2.76. The van der Waals surface area contributed by atoms with Gasteiger partial charge in [0, 0.05) is 6.54 Å². The van der Waals surface area contributed by atoms with E-state index in [4.69, 9.17) is 9.47 Å². The molecule has 0 radical (unpaired) electrons. The Labute approximate surface area is 177 Å². The summed E-state index contributed by atoms with van der Waals surface area (Å²) < 4.78 is 14.7. The summed E-state index contributed by atoms with van der Waals surface area (Å²) in [5.41, 5.74) is 0.135. The molecule has 0 atom stereocenters. The lowest BCUT2D eigenvalue weighted by atomic mass is 10.0. The number of carbonyl (C=O) groups excluding carboxylic acids is 3. The van der Waals surface area contributed by atoms with E-state index >= 15 is 0 Å². The number of nitrogens with one attached hydrogen (secondary N) is 1. The molecule has 0 aliphatic carbocycles. The summed E-state index contributed by atoms with van der Waals surface area (Å²) in [6, 6.07) is 8.30. The molecule has 0 spiro atoms. The molecule has 0 aliphatic rings. The summed E-state index contributed by atoms with van der Waals surface area (Å²) in [5.74, 6) is -2.59. The molecule has 0 fully saturated rings. The minimum Gasteiger partial charge on any atom is -0.501 e. The summed E-state index contributed by atoms with van der Waals surface area (Å²) in [6.07, 6.45) is 4.48. The van der Waals surface area contributed by atoms with E-state index in [9.17, 15) is 19.5 Å². The van der Waals surface area contributed by atoms with Crippen LogP contribution in [0.3, 0.4) is 0 Å². The number of hydrogen-bond acceptors (Lipinski definition) is 7. The van der Waals surface area contributed by atoms with Crippen molar-refractivity contribution < 1.29 is 33.7 Å². The van der Waals surface area contributed by atoms with Gasteiger partial charge in [0.1, 0.15) is 5.57 Å².